The van der Waals surface area contributed by atoms with Crippen LogP contribution in [0.15, 0.2) is 11.1 Å². The first-order chi connectivity index (χ1) is 7.98. The Morgan fingerprint density at radius 3 is 2.47 bits per heavy atom. The number of nitrogens with zero attached hydrogens (tertiary/aromatic N) is 1. The van der Waals surface area contributed by atoms with Gasteiger partial charge in [0.15, 0.2) is 0 Å². The number of likely N-dealkylation sites (N-methyl/N-ethyl adjacent to an activating group) is 1. The summed E-state index contributed by atoms with van der Waals surface area (Å²) in [4.78, 5) is 25.4. The van der Waals surface area contributed by atoms with E-state index in [9.17, 15) is 9.59 Å². The van der Waals surface area contributed by atoms with Crippen molar-refractivity contribution >= 4 is 11.9 Å². The predicted molar refractivity (Wildman–Crippen MR) is 62.3 cm³/mol. The molecule has 1 spiro atoms. The van der Waals surface area contributed by atoms with Gasteiger partial charge in [-0.3, -0.25) is 4.79 Å². The summed E-state index contributed by atoms with van der Waals surface area (Å²) in [7, 11) is 3.39. The summed E-state index contributed by atoms with van der Waals surface area (Å²) in [5.74, 6) is -0.465. The predicted octanol–water partition coefficient (Wildman–Crippen LogP) is 0.0701. The van der Waals surface area contributed by atoms with Crippen LogP contribution in [0.2, 0.25) is 0 Å². The normalized spacial score (nSPS) is 22.9. The van der Waals surface area contributed by atoms with Gasteiger partial charge in [-0.05, 0) is 20.0 Å². The van der Waals surface area contributed by atoms with Gasteiger partial charge in [0.25, 0.3) is 5.91 Å². The van der Waals surface area contributed by atoms with Crippen molar-refractivity contribution in [1.82, 2.24) is 10.2 Å². The molecule has 0 atom stereocenters. The molecule has 2 aliphatic rings. The number of rotatable bonds is 1. The number of nitrogens with one attached hydrogen (secondary N) is 1. The molecular formula is C12H18N2O3. The van der Waals surface area contributed by atoms with Crippen LogP contribution in [0.3, 0.4) is 0 Å². The van der Waals surface area contributed by atoms with Gasteiger partial charge < -0.3 is 15.0 Å². The average molecular weight is 238 g/mol. The molecule has 5 nitrogen and oxygen atoms in total. The second-order valence-electron chi connectivity index (χ2n) is 4.83. The van der Waals surface area contributed by atoms with E-state index in [4.69, 9.17) is 4.74 Å². The van der Waals surface area contributed by atoms with Crippen molar-refractivity contribution in [1.29, 1.82) is 0 Å². The summed E-state index contributed by atoms with van der Waals surface area (Å²) in [6, 6.07) is 0. The van der Waals surface area contributed by atoms with Gasteiger partial charge in [0.05, 0.1) is 5.57 Å². The maximum Gasteiger partial charge on any atom is 0.335 e. The number of amides is 1. The molecule has 0 aromatic heterocycles. The fraction of sp³-hybridized carbons (Fsp3) is 0.667. The second kappa shape index (κ2) is 4.14. The highest BCUT2D eigenvalue weighted by molar-refractivity contribution is 6.07. The molecule has 1 N–H and O–H groups in total. The maximum atomic E-state index is 12.2. The largest absolute Gasteiger partial charge is 0.450 e. The number of hydrogen-bond donors (Lipinski definition) is 1. The van der Waals surface area contributed by atoms with Crippen LogP contribution in [0, 0.1) is 0 Å². The minimum absolute atomic E-state index is 0.116. The van der Waals surface area contributed by atoms with Gasteiger partial charge in [0, 0.05) is 32.5 Å². The monoisotopic (exact) mass is 238 g/mol. The van der Waals surface area contributed by atoms with Crippen LogP contribution in [0.5, 0.6) is 0 Å². The lowest BCUT2D eigenvalue weighted by Gasteiger charge is -2.35. The molecule has 0 radical (unpaired) electrons. The van der Waals surface area contributed by atoms with E-state index in [1.54, 1.807) is 21.0 Å². The van der Waals surface area contributed by atoms with Crippen LogP contribution >= 0.6 is 0 Å². The summed E-state index contributed by atoms with van der Waals surface area (Å²) in [6.45, 7) is 3.21. The summed E-state index contributed by atoms with van der Waals surface area (Å²) >= 11 is 0. The van der Waals surface area contributed by atoms with Gasteiger partial charge in [-0.2, -0.15) is 0 Å². The van der Waals surface area contributed by atoms with E-state index in [-0.39, 0.29) is 11.9 Å². The van der Waals surface area contributed by atoms with Gasteiger partial charge in [-0.1, -0.05) is 0 Å². The molecule has 0 unspecified atom stereocenters. The quantitative estimate of drug-likeness (QED) is 0.657. The Morgan fingerprint density at radius 1 is 1.35 bits per heavy atom. The third kappa shape index (κ3) is 1.84. The first-order valence-corrected chi connectivity index (χ1v) is 5.85. The lowest BCUT2D eigenvalue weighted by atomic mass is 9.83. The Kier molecular flexibility index (Phi) is 2.95. The maximum absolute atomic E-state index is 12.2. The van der Waals surface area contributed by atoms with E-state index in [1.165, 1.54) is 4.90 Å². The van der Waals surface area contributed by atoms with Crippen molar-refractivity contribution in [3.8, 4) is 0 Å². The smallest absolute Gasteiger partial charge is 0.335 e. The van der Waals surface area contributed by atoms with Crippen molar-refractivity contribution in [2.45, 2.75) is 25.4 Å². The Morgan fingerprint density at radius 2 is 1.94 bits per heavy atom. The fourth-order valence-electron chi connectivity index (χ4n) is 2.51. The topological polar surface area (TPSA) is 58.6 Å². The zero-order valence-electron chi connectivity index (χ0n) is 10.5. The van der Waals surface area contributed by atoms with Crippen LogP contribution in [-0.2, 0) is 14.3 Å². The van der Waals surface area contributed by atoms with E-state index in [2.05, 4.69) is 5.32 Å². The van der Waals surface area contributed by atoms with Crippen LogP contribution in [0.4, 0.5) is 0 Å². The van der Waals surface area contributed by atoms with E-state index in [0.717, 1.165) is 13.1 Å². The average Bonchev–Trinajstić information content (AvgIpc) is 2.51. The first kappa shape index (κ1) is 12.1. The molecule has 1 saturated heterocycles. The van der Waals surface area contributed by atoms with E-state index < -0.39 is 5.60 Å². The van der Waals surface area contributed by atoms with Gasteiger partial charge >= 0.3 is 5.97 Å². The van der Waals surface area contributed by atoms with E-state index in [1.807, 2.05) is 0 Å². The molecule has 0 bridgehead atoms. The highest BCUT2D eigenvalue weighted by Gasteiger charge is 2.49. The highest BCUT2D eigenvalue weighted by Crippen LogP contribution is 2.40. The number of carbonyl (C=O) groups excluding carboxylic acids is 2. The number of carbonyl (C=O) groups is 2. The molecule has 2 heterocycles. The van der Waals surface area contributed by atoms with E-state index in [0.29, 0.717) is 24.0 Å². The summed E-state index contributed by atoms with van der Waals surface area (Å²) in [6.07, 6.45) is 1.34. The SMILES string of the molecule is CC1=C(C(=O)N(C)C)C2(CCNCC2)OC1=O. The lowest BCUT2D eigenvalue weighted by molar-refractivity contribution is -0.149. The molecule has 1 fully saturated rings. The first-order valence-electron chi connectivity index (χ1n) is 5.85. The van der Waals surface area contributed by atoms with Crippen molar-refractivity contribution in [3.63, 3.8) is 0 Å². The van der Waals surface area contributed by atoms with Crippen molar-refractivity contribution in [3.05, 3.63) is 11.1 Å². The number of ether oxygens (including phenoxy) is 1. The Bertz CT molecular complexity index is 393. The molecular weight excluding hydrogens is 220 g/mol. The Balaban J connectivity index is 2.41. The van der Waals surface area contributed by atoms with Crippen LogP contribution in [-0.4, -0.2) is 49.6 Å². The van der Waals surface area contributed by atoms with Crippen LogP contribution < -0.4 is 5.32 Å². The molecule has 0 aromatic rings. The van der Waals surface area contributed by atoms with Gasteiger partial charge in [0.2, 0.25) is 0 Å². The summed E-state index contributed by atoms with van der Waals surface area (Å²) in [5, 5.41) is 3.22. The number of piperidine rings is 1. The standard InChI is InChI=1S/C12H18N2O3/c1-8-9(10(15)14(2)3)12(17-11(8)16)4-6-13-7-5-12/h13H,4-7H2,1-3H3. The fourth-order valence-corrected chi connectivity index (χ4v) is 2.51. The minimum atomic E-state index is -0.687. The second-order valence-corrected chi connectivity index (χ2v) is 4.83. The molecule has 1 amide bonds. The molecule has 17 heavy (non-hydrogen) atoms. The van der Waals surface area contributed by atoms with Crippen molar-refractivity contribution < 1.29 is 14.3 Å². The Hall–Kier alpha value is -1.36. The number of esters is 1. The third-order valence-corrected chi connectivity index (χ3v) is 3.46. The minimum Gasteiger partial charge on any atom is -0.450 e. The van der Waals surface area contributed by atoms with Crippen LogP contribution in [0.1, 0.15) is 19.8 Å². The lowest BCUT2D eigenvalue weighted by Crippen LogP contribution is -2.47. The zero-order valence-corrected chi connectivity index (χ0v) is 10.5. The van der Waals surface area contributed by atoms with Crippen LogP contribution in [0.25, 0.3) is 0 Å². The number of hydrogen-bond acceptors (Lipinski definition) is 4. The molecule has 94 valence electrons. The van der Waals surface area contributed by atoms with E-state index >= 15 is 0 Å². The highest BCUT2D eigenvalue weighted by atomic mass is 16.6. The molecule has 0 aliphatic carbocycles. The molecule has 0 saturated carbocycles. The molecule has 5 heteroatoms. The summed E-state index contributed by atoms with van der Waals surface area (Å²) < 4.78 is 5.49. The summed E-state index contributed by atoms with van der Waals surface area (Å²) in [5.41, 5.74) is 0.327. The molecule has 2 aliphatic heterocycles. The Labute approximate surface area is 101 Å². The molecule has 2 rings (SSSR count). The van der Waals surface area contributed by atoms with Crippen molar-refractivity contribution in [2.24, 2.45) is 0 Å². The zero-order chi connectivity index (χ0) is 12.6. The van der Waals surface area contributed by atoms with Crippen molar-refractivity contribution in [2.75, 3.05) is 27.2 Å². The molecule has 0 aromatic carbocycles. The van der Waals surface area contributed by atoms with Gasteiger partial charge in [-0.25, -0.2) is 4.79 Å². The third-order valence-electron chi connectivity index (χ3n) is 3.46. The van der Waals surface area contributed by atoms with Gasteiger partial charge in [-0.15, -0.1) is 0 Å². The van der Waals surface area contributed by atoms with Gasteiger partial charge in [0.1, 0.15) is 5.60 Å².